The Morgan fingerprint density at radius 1 is 0.674 bits per heavy atom. The number of ether oxygens (including phenoxy) is 1. The number of alkyl halides is 3. The molecule has 1 fully saturated rings. The second-order valence-electron chi connectivity index (χ2n) is 12.2. The third kappa shape index (κ3) is 8.31. The summed E-state index contributed by atoms with van der Waals surface area (Å²) in [6.07, 6.45) is 5.23. The van der Waals surface area contributed by atoms with Crippen LogP contribution in [0.3, 0.4) is 0 Å². The molecule has 46 heavy (non-hydrogen) atoms. The van der Waals surface area contributed by atoms with E-state index in [1.807, 2.05) is 24.3 Å². The van der Waals surface area contributed by atoms with E-state index in [1.165, 1.54) is 56.2 Å². The van der Waals surface area contributed by atoms with E-state index >= 15 is 8.78 Å². The molecule has 0 radical (unpaired) electrons. The summed E-state index contributed by atoms with van der Waals surface area (Å²) in [7, 11) is 0. The molecule has 4 aromatic rings. The summed E-state index contributed by atoms with van der Waals surface area (Å²) in [6.45, 7) is 2.23. The fourth-order valence-corrected chi connectivity index (χ4v) is 6.51. The molecule has 1 aliphatic carbocycles. The number of benzene rings is 4. The van der Waals surface area contributed by atoms with Crippen molar-refractivity contribution in [3.8, 4) is 28.0 Å². The van der Waals surface area contributed by atoms with E-state index in [0.717, 1.165) is 37.0 Å². The van der Waals surface area contributed by atoms with Gasteiger partial charge in [-0.3, -0.25) is 0 Å². The summed E-state index contributed by atoms with van der Waals surface area (Å²) in [5.74, 6) is -3.60. The molecule has 0 bridgehead atoms. The first kappa shape index (κ1) is 33.6. The molecule has 244 valence electrons. The standard InChI is InChI=1S/C38H37F7O/c1-2-3-4-5-24-6-10-26(11-7-24)27-13-15-28(16-14-27)32-20-17-29(36(41)37(32)42)12-8-25-9-19-31(33(39)22-25)30-18-21-35(34(40)23-30)46-38(43,44)45/h9,13-24,26H,2-8,10-12H2,1H3. The van der Waals surface area contributed by atoms with Crippen LogP contribution in [-0.2, 0) is 12.8 Å². The van der Waals surface area contributed by atoms with Gasteiger partial charge in [0.05, 0.1) is 0 Å². The molecule has 0 aliphatic heterocycles. The zero-order chi connectivity index (χ0) is 32.8. The number of aryl methyl sites for hydroxylation is 2. The Bertz CT molecular complexity index is 1620. The monoisotopic (exact) mass is 642 g/mol. The molecule has 0 saturated heterocycles. The van der Waals surface area contributed by atoms with Crippen molar-refractivity contribution >= 4 is 0 Å². The van der Waals surface area contributed by atoms with Gasteiger partial charge in [-0.15, -0.1) is 13.2 Å². The van der Waals surface area contributed by atoms with Crippen LogP contribution in [-0.4, -0.2) is 6.36 Å². The maximum atomic E-state index is 15.2. The van der Waals surface area contributed by atoms with Crippen molar-refractivity contribution in [2.24, 2.45) is 5.92 Å². The summed E-state index contributed by atoms with van der Waals surface area (Å²) >= 11 is 0. The molecule has 0 heterocycles. The molecule has 0 N–H and O–H groups in total. The van der Waals surface area contributed by atoms with Crippen LogP contribution in [0.5, 0.6) is 5.75 Å². The van der Waals surface area contributed by atoms with Crippen LogP contribution in [0.15, 0.2) is 72.8 Å². The molecule has 8 heteroatoms. The van der Waals surface area contributed by atoms with Crippen LogP contribution in [0.4, 0.5) is 30.7 Å². The SMILES string of the molecule is CCCCCC1CCC(c2ccc(-c3ccc(CCc4ccc(-c5ccc(OC(F)(F)F)c(F)c5)c(F)c4)c(F)c3F)cc2)CC1. The Morgan fingerprint density at radius 3 is 2.02 bits per heavy atom. The average molecular weight is 643 g/mol. The zero-order valence-electron chi connectivity index (χ0n) is 25.7. The van der Waals surface area contributed by atoms with Crippen molar-refractivity contribution in [3.63, 3.8) is 0 Å². The number of rotatable bonds is 11. The Hall–Kier alpha value is -3.81. The van der Waals surface area contributed by atoms with Gasteiger partial charge < -0.3 is 4.74 Å². The molecule has 0 amide bonds. The highest BCUT2D eigenvalue weighted by molar-refractivity contribution is 5.66. The van der Waals surface area contributed by atoms with E-state index in [-0.39, 0.29) is 35.1 Å². The third-order valence-electron chi connectivity index (χ3n) is 9.10. The van der Waals surface area contributed by atoms with Crippen LogP contribution in [0.25, 0.3) is 22.3 Å². The lowest BCUT2D eigenvalue weighted by atomic mass is 9.77. The minimum Gasteiger partial charge on any atom is -0.403 e. The first-order valence-electron chi connectivity index (χ1n) is 15.9. The number of unbranched alkanes of at least 4 members (excludes halogenated alkanes) is 2. The summed E-state index contributed by atoms with van der Waals surface area (Å²) in [5, 5.41) is 0. The molecule has 1 nitrogen and oxygen atoms in total. The van der Waals surface area contributed by atoms with Gasteiger partial charge in [-0.2, -0.15) is 0 Å². The van der Waals surface area contributed by atoms with Crippen LogP contribution >= 0.6 is 0 Å². The number of hydrogen-bond donors (Lipinski definition) is 0. The first-order valence-corrected chi connectivity index (χ1v) is 15.9. The van der Waals surface area contributed by atoms with E-state index in [0.29, 0.717) is 17.0 Å². The average Bonchev–Trinajstić information content (AvgIpc) is 3.03. The molecular weight excluding hydrogens is 605 g/mol. The minimum atomic E-state index is -5.06. The number of halogens is 7. The molecule has 0 aromatic heterocycles. The molecule has 0 unspecified atom stereocenters. The van der Waals surface area contributed by atoms with Crippen LogP contribution in [0.1, 0.15) is 80.9 Å². The normalized spacial score (nSPS) is 16.9. The van der Waals surface area contributed by atoms with E-state index in [1.54, 1.807) is 18.2 Å². The van der Waals surface area contributed by atoms with Gasteiger partial charge in [0, 0.05) is 11.1 Å². The molecule has 0 spiro atoms. The second-order valence-corrected chi connectivity index (χ2v) is 12.2. The summed E-state index contributed by atoms with van der Waals surface area (Å²) in [6, 6.07) is 17.6. The van der Waals surface area contributed by atoms with Crippen molar-refractivity contribution < 1.29 is 35.5 Å². The van der Waals surface area contributed by atoms with Gasteiger partial charge >= 0.3 is 6.36 Å². The molecule has 1 aliphatic rings. The summed E-state index contributed by atoms with van der Waals surface area (Å²) < 4.78 is 100. The topological polar surface area (TPSA) is 9.23 Å². The van der Waals surface area contributed by atoms with Crippen molar-refractivity contribution in [3.05, 3.63) is 113 Å². The fraction of sp³-hybridized carbons (Fsp3) is 0.368. The van der Waals surface area contributed by atoms with Crippen LogP contribution in [0, 0.1) is 29.2 Å². The lowest BCUT2D eigenvalue weighted by molar-refractivity contribution is -0.275. The molecular formula is C38H37F7O. The van der Waals surface area contributed by atoms with Crippen molar-refractivity contribution in [2.45, 2.75) is 83.4 Å². The highest BCUT2D eigenvalue weighted by atomic mass is 19.4. The Morgan fingerprint density at radius 2 is 1.37 bits per heavy atom. The van der Waals surface area contributed by atoms with E-state index < -0.39 is 35.4 Å². The molecule has 1 saturated carbocycles. The van der Waals surface area contributed by atoms with E-state index in [9.17, 15) is 22.0 Å². The van der Waals surface area contributed by atoms with Crippen molar-refractivity contribution in [1.29, 1.82) is 0 Å². The lowest BCUT2D eigenvalue weighted by Gasteiger charge is -2.29. The lowest BCUT2D eigenvalue weighted by Crippen LogP contribution is -2.17. The zero-order valence-corrected chi connectivity index (χ0v) is 25.7. The second kappa shape index (κ2) is 14.7. The van der Waals surface area contributed by atoms with Gasteiger partial charge in [-0.25, -0.2) is 17.6 Å². The molecule has 5 rings (SSSR count). The number of hydrogen-bond acceptors (Lipinski definition) is 1. The fourth-order valence-electron chi connectivity index (χ4n) is 6.51. The maximum Gasteiger partial charge on any atom is 0.573 e. The van der Waals surface area contributed by atoms with Crippen LogP contribution < -0.4 is 4.74 Å². The predicted octanol–water partition coefficient (Wildman–Crippen LogP) is 12.1. The van der Waals surface area contributed by atoms with E-state index in [2.05, 4.69) is 11.7 Å². The predicted molar refractivity (Wildman–Crippen MR) is 167 cm³/mol. The first-order chi connectivity index (χ1) is 22.0. The van der Waals surface area contributed by atoms with Gasteiger partial charge in [-0.1, -0.05) is 87.2 Å². The summed E-state index contributed by atoms with van der Waals surface area (Å²) in [4.78, 5) is 0. The van der Waals surface area contributed by atoms with Crippen LogP contribution in [0.2, 0.25) is 0 Å². The van der Waals surface area contributed by atoms with Gasteiger partial charge in [0.1, 0.15) is 5.82 Å². The highest BCUT2D eigenvalue weighted by Crippen LogP contribution is 2.39. The maximum absolute atomic E-state index is 15.2. The third-order valence-corrected chi connectivity index (χ3v) is 9.10. The van der Waals surface area contributed by atoms with Crippen molar-refractivity contribution in [2.75, 3.05) is 0 Å². The Kier molecular flexibility index (Phi) is 10.7. The van der Waals surface area contributed by atoms with Gasteiger partial charge in [-0.05, 0) is 96.4 Å². The van der Waals surface area contributed by atoms with Gasteiger partial charge in [0.2, 0.25) is 0 Å². The smallest absolute Gasteiger partial charge is 0.403 e. The highest BCUT2D eigenvalue weighted by Gasteiger charge is 2.32. The minimum absolute atomic E-state index is 0.0242. The van der Waals surface area contributed by atoms with E-state index in [4.69, 9.17) is 0 Å². The van der Waals surface area contributed by atoms with Gasteiger partial charge in [0.15, 0.2) is 23.2 Å². The Balaban J connectivity index is 1.20. The Labute approximate surface area is 265 Å². The van der Waals surface area contributed by atoms with Crippen molar-refractivity contribution in [1.82, 2.24) is 0 Å². The molecule has 0 atom stereocenters. The quantitative estimate of drug-likeness (QED) is 0.117. The molecule has 4 aromatic carbocycles. The summed E-state index contributed by atoms with van der Waals surface area (Å²) in [5.41, 5.74) is 2.67. The van der Waals surface area contributed by atoms with Gasteiger partial charge in [0.25, 0.3) is 0 Å². The largest absolute Gasteiger partial charge is 0.573 e.